The van der Waals surface area contributed by atoms with Gasteiger partial charge in [-0.1, -0.05) is 80.1 Å². The molecule has 0 spiro atoms. The smallest absolute Gasteiger partial charge is 0.254 e. The lowest BCUT2D eigenvalue weighted by Crippen LogP contribution is -2.50. The van der Waals surface area contributed by atoms with Crippen molar-refractivity contribution in [3.8, 4) is 0 Å². The third kappa shape index (κ3) is 4.21. The number of benzene rings is 3. The summed E-state index contributed by atoms with van der Waals surface area (Å²) in [6.45, 7) is 6.18. The van der Waals surface area contributed by atoms with Crippen molar-refractivity contribution in [1.29, 1.82) is 0 Å². The number of hydrogen-bond donors (Lipinski definition) is 0. The van der Waals surface area contributed by atoms with Gasteiger partial charge in [-0.15, -0.1) is 0 Å². The molecule has 1 atom stereocenters. The summed E-state index contributed by atoms with van der Waals surface area (Å²) in [5, 5.41) is 6.85. The van der Waals surface area contributed by atoms with E-state index in [1.807, 2.05) is 98.6 Å². The Kier molecular flexibility index (Phi) is 5.83. The zero-order chi connectivity index (χ0) is 22.0. The molecule has 1 aliphatic rings. The Balaban J connectivity index is 1.86. The maximum Gasteiger partial charge on any atom is 0.265 e. The van der Waals surface area contributed by atoms with Gasteiger partial charge in [-0.05, 0) is 36.8 Å². The fraction of sp³-hybridized carbons (Fsp3) is 0.240. The fourth-order valence-corrected chi connectivity index (χ4v) is 5.33. The molecule has 0 saturated heterocycles. The molecule has 5 nitrogen and oxygen atoms in total. The van der Waals surface area contributed by atoms with Crippen LogP contribution in [0, 0.1) is 12.8 Å². The predicted molar refractivity (Wildman–Crippen MR) is 125 cm³/mol. The van der Waals surface area contributed by atoms with Crippen LogP contribution >= 0.6 is 0 Å². The summed E-state index contributed by atoms with van der Waals surface area (Å²) in [6.07, 6.45) is 0. The molecule has 160 valence electrons. The second-order valence-corrected chi connectivity index (χ2v) is 9.93. The molecular formula is C25H27N3O2S. The quantitative estimate of drug-likeness (QED) is 0.555. The summed E-state index contributed by atoms with van der Waals surface area (Å²) >= 11 is 0. The zero-order valence-corrected chi connectivity index (χ0v) is 18.8. The first-order valence-electron chi connectivity index (χ1n) is 10.4. The molecule has 31 heavy (non-hydrogen) atoms. The van der Waals surface area contributed by atoms with Crippen LogP contribution < -0.4 is 5.01 Å². The lowest BCUT2D eigenvalue weighted by molar-refractivity contribution is 0.437. The van der Waals surface area contributed by atoms with E-state index in [1.165, 1.54) is 4.31 Å². The van der Waals surface area contributed by atoms with Crippen LogP contribution in [0.25, 0.3) is 0 Å². The number of rotatable bonds is 5. The largest absolute Gasteiger partial charge is 0.265 e. The number of nitrogens with zero attached hydrogens (tertiary/aromatic N) is 3. The van der Waals surface area contributed by atoms with E-state index in [0.29, 0.717) is 5.84 Å². The molecule has 3 aromatic carbocycles. The Morgan fingerprint density at radius 3 is 2.03 bits per heavy atom. The molecule has 0 N–H and O–H groups in total. The normalized spacial score (nSPS) is 17.0. The number of aryl methyl sites for hydroxylation is 1. The number of anilines is 1. The Morgan fingerprint density at radius 2 is 1.45 bits per heavy atom. The van der Waals surface area contributed by atoms with Crippen molar-refractivity contribution in [3.05, 3.63) is 96.1 Å². The first-order chi connectivity index (χ1) is 14.9. The molecule has 6 heteroatoms. The van der Waals surface area contributed by atoms with Gasteiger partial charge in [-0.2, -0.15) is 5.10 Å². The van der Waals surface area contributed by atoms with Gasteiger partial charge in [0.25, 0.3) is 10.0 Å². The standard InChI is InChI=1S/C25H27N3O2S/c1-19(2)25-26-28(22-12-8-5-9-13-22)24(21-10-6-4-7-11-21)18-27(25)31(29,30)23-16-14-20(3)15-17-23/h4-17,19,24H,18H2,1-3H3. The van der Waals surface area contributed by atoms with Crippen molar-refractivity contribution in [3.63, 3.8) is 0 Å². The Morgan fingerprint density at radius 1 is 0.871 bits per heavy atom. The van der Waals surface area contributed by atoms with E-state index in [1.54, 1.807) is 12.1 Å². The Hall–Kier alpha value is -3.12. The monoisotopic (exact) mass is 433 g/mol. The summed E-state index contributed by atoms with van der Waals surface area (Å²) in [4.78, 5) is 0.284. The fourth-order valence-electron chi connectivity index (χ4n) is 3.76. The molecule has 0 bridgehead atoms. The molecule has 0 saturated carbocycles. The average molecular weight is 434 g/mol. The Labute approximate surface area is 184 Å². The van der Waals surface area contributed by atoms with E-state index in [0.717, 1.165) is 16.8 Å². The minimum Gasteiger partial charge on any atom is -0.254 e. The number of amidine groups is 1. The molecule has 0 amide bonds. The highest BCUT2D eigenvalue weighted by Gasteiger charge is 2.38. The van der Waals surface area contributed by atoms with Crippen molar-refractivity contribution in [2.24, 2.45) is 11.0 Å². The van der Waals surface area contributed by atoms with Gasteiger partial charge in [-0.25, -0.2) is 12.7 Å². The molecule has 0 aromatic heterocycles. The molecular weight excluding hydrogens is 406 g/mol. The van der Waals surface area contributed by atoms with Crippen LogP contribution in [0.15, 0.2) is 94.9 Å². The van der Waals surface area contributed by atoms with Gasteiger partial charge in [0.15, 0.2) is 0 Å². The van der Waals surface area contributed by atoms with E-state index >= 15 is 0 Å². The van der Waals surface area contributed by atoms with Crippen LogP contribution in [0.2, 0.25) is 0 Å². The van der Waals surface area contributed by atoms with Crippen LogP contribution in [0.5, 0.6) is 0 Å². The van der Waals surface area contributed by atoms with Crippen LogP contribution in [-0.4, -0.2) is 25.1 Å². The molecule has 0 radical (unpaired) electrons. The second-order valence-electron chi connectivity index (χ2n) is 8.07. The summed E-state index contributed by atoms with van der Waals surface area (Å²) in [7, 11) is -3.74. The predicted octanol–water partition coefficient (Wildman–Crippen LogP) is 5.22. The SMILES string of the molecule is Cc1ccc(S(=O)(=O)N2CC(c3ccccc3)N(c3ccccc3)N=C2C(C)C)cc1. The molecule has 0 aliphatic carbocycles. The van der Waals surface area contributed by atoms with Crippen molar-refractivity contribution >= 4 is 21.5 Å². The molecule has 1 aliphatic heterocycles. The van der Waals surface area contributed by atoms with Gasteiger partial charge in [0.05, 0.1) is 23.2 Å². The van der Waals surface area contributed by atoms with E-state index < -0.39 is 10.0 Å². The van der Waals surface area contributed by atoms with Gasteiger partial charge in [0, 0.05) is 5.92 Å². The van der Waals surface area contributed by atoms with Gasteiger partial charge >= 0.3 is 0 Å². The highest BCUT2D eigenvalue weighted by atomic mass is 32.2. The van der Waals surface area contributed by atoms with Crippen molar-refractivity contribution < 1.29 is 8.42 Å². The summed E-state index contributed by atoms with van der Waals surface area (Å²) in [5.41, 5.74) is 2.97. The first kappa shape index (κ1) is 21.1. The van der Waals surface area contributed by atoms with Gasteiger partial charge in [0.1, 0.15) is 5.84 Å². The van der Waals surface area contributed by atoms with Crippen molar-refractivity contribution in [1.82, 2.24) is 4.31 Å². The lowest BCUT2D eigenvalue weighted by atomic mass is 10.0. The minimum atomic E-state index is -3.74. The van der Waals surface area contributed by atoms with Crippen LogP contribution in [0.3, 0.4) is 0 Å². The van der Waals surface area contributed by atoms with Crippen LogP contribution in [0.4, 0.5) is 5.69 Å². The summed E-state index contributed by atoms with van der Waals surface area (Å²) in [6, 6.07) is 26.6. The second kappa shape index (κ2) is 8.55. The number of para-hydroxylation sites is 1. The zero-order valence-electron chi connectivity index (χ0n) is 18.0. The van der Waals surface area contributed by atoms with Crippen LogP contribution in [-0.2, 0) is 10.0 Å². The maximum atomic E-state index is 13.7. The number of hydrogen-bond acceptors (Lipinski definition) is 4. The van der Waals surface area contributed by atoms with E-state index in [-0.39, 0.29) is 23.4 Å². The van der Waals surface area contributed by atoms with Gasteiger partial charge < -0.3 is 0 Å². The van der Waals surface area contributed by atoms with Gasteiger partial charge in [0.2, 0.25) is 0 Å². The highest BCUT2D eigenvalue weighted by Crippen LogP contribution is 2.35. The molecule has 1 unspecified atom stereocenters. The Bertz CT molecular complexity index is 1160. The van der Waals surface area contributed by atoms with Gasteiger partial charge in [-0.3, -0.25) is 5.01 Å². The van der Waals surface area contributed by atoms with Crippen molar-refractivity contribution in [2.75, 3.05) is 11.6 Å². The van der Waals surface area contributed by atoms with E-state index in [4.69, 9.17) is 5.10 Å². The maximum absolute atomic E-state index is 13.7. The summed E-state index contributed by atoms with van der Waals surface area (Å²) in [5.74, 6) is 0.472. The number of hydrazone groups is 1. The lowest BCUT2D eigenvalue weighted by Gasteiger charge is -2.41. The molecule has 0 fully saturated rings. The topological polar surface area (TPSA) is 53.0 Å². The third-order valence-corrected chi connectivity index (χ3v) is 7.21. The average Bonchev–Trinajstić information content (AvgIpc) is 2.79. The molecule has 4 rings (SSSR count). The molecule has 1 heterocycles. The van der Waals surface area contributed by atoms with E-state index in [9.17, 15) is 8.42 Å². The van der Waals surface area contributed by atoms with E-state index in [2.05, 4.69) is 0 Å². The first-order valence-corrected chi connectivity index (χ1v) is 11.9. The molecule has 3 aromatic rings. The summed E-state index contributed by atoms with van der Waals surface area (Å²) < 4.78 is 28.8. The number of sulfonamides is 1. The van der Waals surface area contributed by atoms with Crippen LogP contribution in [0.1, 0.15) is 31.0 Å². The highest BCUT2D eigenvalue weighted by molar-refractivity contribution is 7.89. The minimum absolute atomic E-state index is 0.0665. The third-order valence-electron chi connectivity index (χ3n) is 5.43. The van der Waals surface area contributed by atoms with Crippen molar-refractivity contribution in [2.45, 2.75) is 31.7 Å².